The van der Waals surface area contributed by atoms with E-state index >= 15 is 0 Å². The number of carbonyl (C=O) groups is 1. The smallest absolute Gasteiger partial charge is 0.282 e. The van der Waals surface area contributed by atoms with Gasteiger partial charge in [0, 0.05) is 12.7 Å². The van der Waals surface area contributed by atoms with Gasteiger partial charge in [-0.15, -0.1) is 0 Å². The number of para-hydroxylation sites is 2. The molecular weight excluding hydrogens is 318 g/mol. The van der Waals surface area contributed by atoms with E-state index in [1.165, 1.54) is 22.8 Å². The molecule has 0 unspecified atom stereocenters. The highest BCUT2D eigenvalue weighted by Gasteiger charge is 2.22. The largest absolute Gasteiger partial charge is 0.494 e. The first-order valence-corrected chi connectivity index (χ1v) is 7.68. The summed E-state index contributed by atoms with van der Waals surface area (Å²) in [5, 5.41) is 4.25. The average Bonchev–Trinajstić information content (AvgIpc) is 2.68. The molecule has 0 N–H and O–H groups in total. The molecule has 0 spiro atoms. The van der Waals surface area contributed by atoms with Crippen molar-refractivity contribution in [2.24, 2.45) is 0 Å². The summed E-state index contributed by atoms with van der Waals surface area (Å²) in [5.41, 5.74) is 0.986. The van der Waals surface area contributed by atoms with Crippen LogP contribution in [-0.2, 0) is 0 Å². The van der Waals surface area contributed by atoms with Crippen molar-refractivity contribution in [3.8, 4) is 11.4 Å². The highest BCUT2D eigenvalue weighted by Crippen LogP contribution is 2.19. The summed E-state index contributed by atoms with van der Waals surface area (Å²) in [5.74, 6) is -0.224. The third-order valence-corrected chi connectivity index (χ3v) is 3.77. The first kappa shape index (κ1) is 16.4. The fourth-order valence-corrected chi connectivity index (χ4v) is 2.43. The van der Waals surface area contributed by atoms with Gasteiger partial charge >= 0.3 is 0 Å². The average molecular weight is 335 g/mol. The first-order valence-electron chi connectivity index (χ1n) is 7.68. The van der Waals surface area contributed by atoms with Crippen LogP contribution in [0.4, 0.5) is 5.69 Å². The molecule has 3 rings (SSSR count). The van der Waals surface area contributed by atoms with Crippen molar-refractivity contribution in [3.05, 3.63) is 82.8 Å². The highest BCUT2D eigenvalue weighted by atomic mass is 16.5. The zero-order chi connectivity index (χ0) is 17.8. The van der Waals surface area contributed by atoms with E-state index in [4.69, 9.17) is 4.74 Å². The zero-order valence-corrected chi connectivity index (χ0v) is 13.9. The molecule has 6 nitrogen and oxygen atoms in total. The Kier molecular flexibility index (Phi) is 4.61. The Morgan fingerprint density at radius 2 is 1.64 bits per heavy atom. The van der Waals surface area contributed by atoms with Crippen LogP contribution in [0.1, 0.15) is 10.5 Å². The Labute approximate surface area is 144 Å². The number of amides is 1. The SMILES string of the molecule is COc1cc(=O)n(-c2ccccc2)nc1C(=O)N(C)c1ccccc1. The number of anilines is 1. The van der Waals surface area contributed by atoms with E-state index in [9.17, 15) is 9.59 Å². The van der Waals surface area contributed by atoms with Crippen molar-refractivity contribution < 1.29 is 9.53 Å². The number of ether oxygens (including phenoxy) is 1. The van der Waals surface area contributed by atoms with Gasteiger partial charge in [-0.25, -0.2) is 0 Å². The van der Waals surface area contributed by atoms with Crippen molar-refractivity contribution in [2.75, 3.05) is 19.1 Å². The minimum absolute atomic E-state index is 0.0670. The van der Waals surface area contributed by atoms with Gasteiger partial charge in [-0.2, -0.15) is 9.78 Å². The number of methoxy groups -OCH3 is 1. The molecule has 3 aromatic rings. The number of aromatic nitrogens is 2. The minimum atomic E-state index is -0.373. The van der Waals surface area contributed by atoms with Gasteiger partial charge in [-0.1, -0.05) is 36.4 Å². The van der Waals surface area contributed by atoms with Crippen LogP contribution >= 0.6 is 0 Å². The summed E-state index contributed by atoms with van der Waals surface area (Å²) >= 11 is 0. The van der Waals surface area contributed by atoms with Crippen LogP contribution in [0.15, 0.2) is 71.5 Å². The van der Waals surface area contributed by atoms with Crippen LogP contribution in [0.2, 0.25) is 0 Å². The van der Waals surface area contributed by atoms with Crippen molar-refractivity contribution in [1.29, 1.82) is 0 Å². The predicted octanol–water partition coefficient (Wildman–Crippen LogP) is 2.52. The van der Waals surface area contributed by atoms with E-state index in [0.29, 0.717) is 11.4 Å². The summed E-state index contributed by atoms with van der Waals surface area (Å²) in [7, 11) is 3.05. The van der Waals surface area contributed by atoms with E-state index < -0.39 is 0 Å². The Balaban J connectivity index is 2.08. The lowest BCUT2D eigenvalue weighted by Gasteiger charge is -2.18. The predicted molar refractivity (Wildman–Crippen MR) is 95.6 cm³/mol. The normalized spacial score (nSPS) is 10.3. The minimum Gasteiger partial charge on any atom is -0.494 e. The molecule has 0 aliphatic carbocycles. The monoisotopic (exact) mass is 335 g/mol. The Morgan fingerprint density at radius 3 is 2.24 bits per heavy atom. The second kappa shape index (κ2) is 7.00. The van der Waals surface area contributed by atoms with Gasteiger partial charge in [0.1, 0.15) is 0 Å². The molecule has 0 saturated heterocycles. The molecule has 25 heavy (non-hydrogen) atoms. The maximum Gasteiger partial charge on any atom is 0.282 e. The second-order valence-corrected chi connectivity index (χ2v) is 5.35. The van der Waals surface area contributed by atoms with Crippen LogP contribution in [0, 0.1) is 0 Å². The van der Waals surface area contributed by atoms with Gasteiger partial charge in [-0.3, -0.25) is 9.59 Å². The molecule has 1 aromatic heterocycles. The summed E-state index contributed by atoms with van der Waals surface area (Å²) in [4.78, 5) is 26.7. The molecule has 1 amide bonds. The van der Waals surface area contributed by atoms with E-state index in [1.54, 1.807) is 31.3 Å². The van der Waals surface area contributed by atoms with Crippen molar-refractivity contribution in [2.45, 2.75) is 0 Å². The number of rotatable bonds is 4. The van der Waals surface area contributed by atoms with E-state index in [1.807, 2.05) is 36.4 Å². The Bertz CT molecular complexity index is 937. The van der Waals surface area contributed by atoms with Gasteiger partial charge in [0.2, 0.25) is 0 Å². The first-order chi connectivity index (χ1) is 12.1. The molecule has 0 atom stereocenters. The van der Waals surface area contributed by atoms with Crippen LogP contribution < -0.4 is 15.2 Å². The summed E-state index contributed by atoms with van der Waals surface area (Å²) in [6.45, 7) is 0. The number of hydrogen-bond acceptors (Lipinski definition) is 4. The molecule has 0 bridgehead atoms. The number of hydrogen-bond donors (Lipinski definition) is 0. The lowest BCUT2D eigenvalue weighted by Crippen LogP contribution is -2.31. The molecule has 2 aromatic carbocycles. The van der Waals surface area contributed by atoms with Gasteiger partial charge in [0.25, 0.3) is 11.5 Å². The Morgan fingerprint density at radius 1 is 1.04 bits per heavy atom. The van der Waals surface area contributed by atoms with Crippen LogP contribution in [0.3, 0.4) is 0 Å². The quantitative estimate of drug-likeness (QED) is 0.735. The molecule has 0 fully saturated rings. The number of nitrogens with zero attached hydrogens (tertiary/aromatic N) is 3. The highest BCUT2D eigenvalue weighted by molar-refractivity contribution is 6.06. The summed E-state index contributed by atoms with van der Waals surface area (Å²) < 4.78 is 6.39. The maximum absolute atomic E-state index is 12.9. The lowest BCUT2D eigenvalue weighted by atomic mass is 10.2. The van der Waals surface area contributed by atoms with Crippen molar-refractivity contribution in [3.63, 3.8) is 0 Å². The Hall–Kier alpha value is -3.41. The fraction of sp³-hybridized carbons (Fsp3) is 0.105. The molecule has 0 radical (unpaired) electrons. The van der Waals surface area contributed by atoms with Crippen molar-refractivity contribution in [1.82, 2.24) is 9.78 Å². The number of carbonyl (C=O) groups excluding carboxylic acids is 1. The fourth-order valence-electron chi connectivity index (χ4n) is 2.43. The molecule has 6 heteroatoms. The van der Waals surface area contributed by atoms with Gasteiger partial charge in [-0.05, 0) is 24.3 Å². The zero-order valence-electron chi connectivity index (χ0n) is 13.9. The van der Waals surface area contributed by atoms with Gasteiger partial charge < -0.3 is 9.64 Å². The summed E-state index contributed by atoms with van der Waals surface area (Å²) in [6.07, 6.45) is 0. The summed E-state index contributed by atoms with van der Waals surface area (Å²) in [6, 6.07) is 19.4. The van der Waals surface area contributed by atoms with Crippen LogP contribution in [0.5, 0.6) is 5.75 Å². The number of benzene rings is 2. The van der Waals surface area contributed by atoms with Crippen LogP contribution in [-0.4, -0.2) is 29.8 Å². The van der Waals surface area contributed by atoms with Gasteiger partial charge in [0.15, 0.2) is 11.4 Å². The molecule has 1 heterocycles. The van der Waals surface area contributed by atoms with E-state index in [-0.39, 0.29) is 22.9 Å². The molecular formula is C19H17N3O3. The van der Waals surface area contributed by atoms with E-state index in [0.717, 1.165) is 0 Å². The van der Waals surface area contributed by atoms with Crippen molar-refractivity contribution >= 4 is 11.6 Å². The standard InChI is InChI=1S/C19H17N3O3/c1-21(14-9-5-3-6-10-14)19(24)18-16(25-2)13-17(23)22(20-18)15-11-7-4-8-12-15/h3-13H,1-2H3. The molecule has 126 valence electrons. The maximum atomic E-state index is 12.9. The van der Waals surface area contributed by atoms with E-state index in [2.05, 4.69) is 5.10 Å². The second-order valence-electron chi connectivity index (χ2n) is 5.35. The van der Waals surface area contributed by atoms with Crippen LogP contribution in [0.25, 0.3) is 5.69 Å². The molecule has 0 aliphatic rings. The molecule has 0 saturated carbocycles. The molecule has 0 aliphatic heterocycles. The third-order valence-electron chi connectivity index (χ3n) is 3.77. The lowest BCUT2D eigenvalue weighted by molar-refractivity contribution is 0.0983. The van der Waals surface area contributed by atoms with Gasteiger partial charge in [0.05, 0.1) is 18.9 Å². The third kappa shape index (κ3) is 3.28. The topological polar surface area (TPSA) is 64.4 Å².